The second-order valence-electron chi connectivity index (χ2n) is 9.41. The van der Waals surface area contributed by atoms with E-state index in [1.807, 2.05) is 18.5 Å². The SMILES string of the molecule is COc1cc(-c2cn(C)c(=O)c3c2C=CNC3)cc(OC)c1CN1CCC2(CC1)CNCCO2. The van der Waals surface area contributed by atoms with E-state index in [0.717, 1.165) is 91.5 Å². The molecule has 0 amide bonds. The molecule has 0 bridgehead atoms. The summed E-state index contributed by atoms with van der Waals surface area (Å²) >= 11 is 0. The number of ether oxygens (including phenoxy) is 3. The van der Waals surface area contributed by atoms with Gasteiger partial charge in [0.25, 0.3) is 5.56 Å². The third-order valence-corrected chi connectivity index (χ3v) is 7.37. The van der Waals surface area contributed by atoms with E-state index in [0.29, 0.717) is 6.54 Å². The van der Waals surface area contributed by atoms with Gasteiger partial charge in [-0.15, -0.1) is 0 Å². The molecule has 1 aromatic carbocycles. The second-order valence-corrected chi connectivity index (χ2v) is 9.41. The number of hydrogen-bond acceptors (Lipinski definition) is 7. The molecule has 4 heterocycles. The quantitative estimate of drug-likeness (QED) is 0.699. The lowest BCUT2D eigenvalue weighted by Crippen LogP contribution is -2.55. The van der Waals surface area contributed by atoms with Crippen molar-refractivity contribution in [3.05, 3.63) is 51.6 Å². The monoisotopic (exact) mass is 466 g/mol. The van der Waals surface area contributed by atoms with Gasteiger partial charge in [0, 0.05) is 63.6 Å². The molecule has 34 heavy (non-hydrogen) atoms. The van der Waals surface area contributed by atoms with E-state index in [1.165, 1.54) is 0 Å². The van der Waals surface area contributed by atoms with Crippen LogP contribution in [0.15, 0.2) is 29.3 Å². The van der Waals surface area contributed by atoms with Crippen molar-refractivity contribution >= 4 is 6.08 Å². The summed E-state index contributed by atoms with van der Waals surface area (Å²) in [6.07, 6.45) is 7.80. The van der Waals surface area contributed by atoms with E-state index in [1.54, 1.807) is 25.8 Å². The molecule has 182 valence electrons. The van der Waals surface area contributed by atoms with Crippen LogP contribution >= 0.6 is 0 Å². The fourth-order valence-corrected chi connectivity index (χ4v) is 5.37. The van der Waals surface area contributed by atoms with E-state index in [4.69, 9.17) is 14.2 Å². The molecule has 3 aliphatic rings. The number of hydrogen-bond donors (Lipinski definition) is 2. The number of fused-ring (bicyclic) bond motifs is 1. The molecule has 2 N–H and O–H groups in total. The van der Waals surface area contributed by atoms with E-state index in [9.17, 15) is 4.79 Å². The van der Waals surface area contributed by atoms with Gasteiger partial charge >= 0.3 is 0 Å². The number of rotatable bonds is 5. The number of piperidine rings is 1. The first kappa shape index (κ1) is 23.0. The van der Waals surface area contributed by atoms with Gasteiger partial charge in [0.1, 0.15) is 11.5 Å². The molecular weight excluding hydrogens is 432 g/mol. The Bertz CT molecular complexity index is 1120. The van der Waals surface area contributed by atoms with Crippen molar-refractivity contribution in [2.45, 2.75) is 31.5 Å². The van der Waals surface area contributed by atoms with E-state index < -0.39 is 0 Å². The fourth-order valence-electron chi connectivity index (χ4n) is 5.37. The number of nitrogens with zero attached hydrogens (tertiary/aromatic N) is 2. The molecule has 2 aromatic rings. The van der Waals surface area contributed by atoms with Crippen LogP contribution in [0.25, 0.3) is 17.2 Å². The highest BCUT2D eigenvalue weighted by atomic mass is 16.5. The van der Waals surface area contributed by atoms with Gasteiger partial charge in [-0.25, -0.2) is 0 Å². The molecule has 0 atom stereocenters. The largest absolute Gasteiger partial charge is 0.496 e. The highest BCUT2D eigenvalue weighted by Crippen LogP contribution is 2.39. The number of nitrogens with one attached hydrogen (secondary N) is 2. The van der Waals surface area contributed by atoms with Gasteiger partial charge in [-0.05, 0) is 48.4 Å². The molecule has 8 heteroatoms. The first-order chi connectivity index (χ1) is 16.5. The van der Waals surface area contributed by atoms with Crippen molar-refractivity contribution in [3.8, 4) is 22.6 Å². The third-order valence-electron chi connectivity index (χ3n) is 7.37. The fraction of sp³-hybridized carbons (Fsp3) is 0.500. The lowest BCUT2D eigenvalue weighted by molar-refractivity contribution is -0.101. The topological polar surface area (TPSA) is 77.0 Å². The van der Waals surface area contributed by atoms with Gasteiger partial charge in [0.2, 0.25) is 0 Å². The predicted octanol–water partition coefficient (Wildman–Crippen LogP) is 2.10. The van der Waals surface area contributed by atoms with Crippen LogP contribution in [0.4, 0.5) is 0 Å². The molecule has 2 fully saturated rings. The van der Waals surface area contributed by atoms with Crippen LogP contribution < -0.4 is 25.7 Å². The maximum absolute atomic E-state index is 12.7. The van der Waals surface area contributed by atoms with Crippen molar-refractivity contribution in [2.75, 3.05) is 47.0 Å². The summed E-state index contributed by atoms with van der Waals surface area (Å²) in [4.78, 5) is 15.1. The number of aromatic nitrogens is 1. The molecular formula is C26H34N4O4. The Labute approximate surface area is 200 Å². The number of methoxy groups -OCH3 is 2. The molecule has 1 spiro atoms. The number of aryl methyl sites for hydroxylation is 1. The first-order valence-corrected chi connectivity index (χ1v) is 12.0. The standard InChI is InChI=1S/C26H34N4O4/c1-29-15-21(19-4-7-27-14-20(19)25(29)31)18-12-23(32-2)22(24(13-18)33-3)16-30-9-5-26(6-10-30)17-28-8-11-34-26/h4,7,12-13,15,27-28H,5-6,8-11,14,16-17H2,1-3H3. The van der Waals surface area contributed by atoms with Gasteiger partial charge in [-0.3, -0.25) is 9.69 Å². The summed E-state index contributed by atoms with van der Waals surface area (Å²) in [7, 11) is 5.20. The summed E-state index contributed by atoms with van der Waals surface area (Å²) in [6, 6.07) is 4.13. The highest BCUT2D eigenvalue weighted by molar-refractivity contribution is 5.79. The highest BCUT2D eigenvalue weighted by Gasteiger charge is 2.37. The number of benzene rings is 1. The maximum Gasteiger partial charge on any atom is 0.255 e. The summed E-state index contributed by atoms with van der Waals surface area (Å²) in [6.45, 7) is 5.90. The van der Waals surface area contributed by atoms with Gasteiger partial charge in [0.05, 0.1) is 32.0 Å². The number of pyridine rings is 1. The molecule has 5 rings (SSSR count). The Morgan fingerprint density at radius 2 is 1.88 bits per heavy atom. The molecule has 3 aliphatic heterocycles. The lowest BCUT2D eigenvalue weighted by Gasteiger charge is -2.44. The summed E-state index contributed by atoms with van der Waals surface area (Å²) in [5, 5.41) is 6.63. The zero-order valence-corrected chi connectivity index (χ0v) is 20.3. The molecule has 8 nitrogen and oxygen atoms in total. The molecule has 0 aliphatic carbocycles. The predicted molar refractivity (Wildman–Crippen MR) is 132 cm³/mol. The van der Waals surface area contributed by atoms with Crippen molar-refractivity contribution in [1.82, 2.24) is 20.1 Å². The molecule has 0 saturated carbocycles. The third kappa shape index (κ3) is 4.21. The van der Waals surface area contributed by atoms with E-state index >= 15 is 0 Å². The Balaban J connectivity index is 1.45. The summed E-state index contributed by atoms with van der Waals surface area (Å²) in [5.74, 6) is 1.59. The molecule has 0 unspecified atom stereocenters. The van der Waals surface area contributed by atoms with Gasteiger partial charge < -0.3 is 29.4 Å². The summed E-state index contributed by atoms with van der Waals surface area (Å²) < 4.78 is 19.5. The maximum atomic E-state index is 12.7. The van der Waals surface area contributed by atoms with Crippen molar-refractivity contribution in [2.24, 2.45) is 7.05 Å². The van der Waals surface area contributed by atoms with Gasteiger partial charge in [0.15, 0.2) is 0 Å². The minimum atomic E-state index is -0.0164. The normalized spacial score (nSPS) is 19.5. The first-order valence-electron chi connectivity index (χ1n) is 12.0. The van der Waals surface area contributed by atoms with E-state index in [2.05, 4.69) is 27.7 Å². The lowest BCUT2D eigenvalue weighted by atomic mass is 9.89. The molecule has 1 aromatic heterocycles. The number of likely N-dealkylation sites (tertiary alicyclic amines) is 1. The smallest absolute Gasteiger partial charge is 0.255 e. The van der Waals surface area contributed by atoms with Crippen LogP contribution in [0.1, 0.15) is 29.5 Å². The summed E-state index contributed by atoms with van der Waals surface area (Å²) in [5.41, 5.74) is 4.72. The Morgan fingerprint density at radius 3 is 2.53 bits per heavy atom. The average molecular weight is 467 g/mol. The van der Waals surface area contributed by atoms with Crippen LogP contribution in [0.5, 0.6) is 11.5 Å². The van der Waals surface area contributed by atoms with Crippen molar-refractivity contribution in [3.63, 3.8) is 0 Å². The van der Waals surface area contributed by atoms with Crippen LogP contribution in [0.3, 0.4) is 0 Å². The average Bonchev–Trinajstić information content (AvgIpc) is 2.88. The minimum absolute atomic E-state index is 0.0164. The Morgan fingerprint density at radius 1 is 1.15 bits per heavy atom. The Kier molecular flexibility index (Phi) is 6.38. The van der Waals surface area contributed by atoms with Crippen molar-refractivity contribution < 1.29 is 14.2 Å². The van der Waals surface area contributed by atoms with Crippen LogP contribution in [-0.2, 0) is 24.9 Å². The zero-order chi connectivity index (χ0) is 23.7. The van der Waals surface area contributed by atoms with Gasteiger partial charge in [-0.2, -0.15) is 0 Å². The molecule has 0 radical (unpaired) electrons. The second kappa shape index (κ2) is 9.44. The Hall–Kier alpha value is -2.81. The zero-order valence-electron chi connectivity index (χ0n) is 20.3. The minimum Gasteiger partial charge on any atom is -0.496 e. The molecule has 2 saturated heterocycles. The number of morpholine rings is 1. The van der Waals surface area contributed by atoms with Crippen molar-refractivity contribution in [1.29, 1.82) is 0 Å². The van der Waals surface area contributed by atoms with E-state index in [-0.39, 0.29) is 11.2 Å². The van der Waals surface area contributed by atoms with Crippen LogP contribution in [0.2, 0.25) is 0 Å². The van der Waals surface area contributed by atoms with Crippen LogP contribution in [0, 0.1) is 0 Å². The van der Waals surface area contributed by atoms with Crippen LogP contribution in [-0.4, -0.2) is 62.1 Å². The van der Waals surface area contributed by atoms with Gasteiger partial charge in [-0.1, -0.05) is 0 Å².